The predicted octanol–water partition coefficient (Wildman–Crippen LogP) is 6.74. The molecule has 3 aromatic carbocycles. The molecule has 1 heterocycles. The van der Waals surface area contributed by atoms with Crippen LogP contribution in [0.3, 0.4) is 0 Å². The van der Waals surface area contributed by atoms with Gasteiger partial charge in [-0.2, -0.15) is 0 Å². The number of fused-ring (bicyclic) bond motifs is 3. The molecular weight excluding hydrogens is 442 g/mol. The molecule has 0 radical (unpaired) electrons. The van der Waals surface area contributed by atoms with Crippen LogP contribution in [0.2, 0.25) is 0 Å². The fourth-order valence-corrected chi connectivity index (χ4v) is 4.34. The third-order valence-electron chi connectivity index (χ3n) is 4.56. The maximum atomic E-state index is 11.2. The van der Waals surface area contributed by atoms with Crippen LogP contribution >= 0.6 is 31.9 Å². The van der Waals surface area contributed by atoms with E-state index in [0.717, 1.165) is 43.1 Å². The largest absolute Gasteiger partial charge is 0.309 e. The molecule has 0 aliphatic carbocycles. The van der Waals surface area contributed by atoms with Gasteiger partial charge in [-0.05, 0) is 73.5 Å². The number of benzene rings is 3. The maximum absolute atomic E-state index is 11.2. The lowest BCUT2D eigenvalue weighted by molar-refractivity contribution is 0.112. The normalized spacial score (nSPS) is 11.4. The zero-order chi connectivity index (χ0) is 17.7. The van der Waals surface area contributed by atoms with Crippen LogP contribution in [-0.4, -0.2) is 10.9 Å². The van der Waals surface area contributed by atoms with Crippen molar-refractivity contribution in [2.45, 2.75) is 13.8 Å². The van der Waals surface area contributed by atoms with Gasteiger partial charge in [0.2, 0.25) is 0 Å². The van der Waals surface area contributed by atoms with Crippen molar-refractivity contribution < 1.29 is 4.79 Å². The van der Waals surface area contributed by atoms with Gasteiger partial charge in [0.15, 0.2) is 0 Å². The molecule has 0 aliphatic heterocycles. The Kier molecular flexibility index (Phi) is 4.05. The number of nitrogens with zero attached hydrogens (tertiary/aromatic N) is 1. The molecule has 0 saturated carbocycles. The second kappa shape index (κ2) is 6.11. The molecule has 4 aromatic rings. The fraction of sp³-hybridized carbons (Fsp3) is 0.0952. The number of rotatable bonds is 2. The summed E-state index contributed by atoms with van der Waals surface area (Å²) in [7, 11) is 0. The van der Waals surface area contributed by atoms with Crippen molar-refractivity contribution in [2.75, 3.05) is 0 Å². The molecule has 0 N–H and O–H groups in total. The predicted molar refractivity (Wildman–Crippen MR) is 111 cm³/mol. The highest BCUT2D eigenvalue weighted by molar-refractivity contribution is 9.10. The third kappa shape index (κ3) is 2.64. The third-order valence-corrected chi connectivity index (χ3v) is 5.55. The van der Waals surface area contributed by atoms with E-state index in [0.29, 0.717) is 5.56 Å². The highest BCUT2D eigenvalue weighted by Crippen LogP contribution is 2.37. The molecule has 0 atom stereocenters. The van der Waals surface area contributed by atoms with Gasteiger partial charge in [0.1, 0.15) is 6.29 Å². The van der Waals surface area contributed by atoms with E-state index in [1.807, 2.05) is 12.1 Å². The van der Waals surface area contributed by atoms with Gasteiger partial charge in [-0.1, -0.05) is 31.9 Å². The van der Waals surface area contributed by atoms with Gasteiger partial charge in [-0.3, -0.25) is 4.79 Å². The van der Waals surface area contributed by atoms with Crippen molar-refractivity contribution in [3.05, 3.63) is 74.2 Å². The van der Waals surface area contributed by atoms with Crippen molar-refractivity contribution in [1.82, 2.24) is 4.57 Å². The summed E-state index contributed by atoms with van der Waals surface area (Å²) in [6, 6.07) is 16.6. The molecule has 0 saturated heterocycles. The van der Waals surface area contributed by atoms with Crippen LogP contribution in [0.1, 0.15) is 21.5 Å². The Morgan fingerprint density at radius 1 is 0.800 bits per heavy atom. The first-order chi connectivity index (χ1) is 12.0. The number of aldehydes is 1. The van der Waals surface area contributed by atoms with Gasteiger partial charge >= 0.3 is 0 Å². The van der Waals surface area contributed by atoms with E-state index in [1.165, 1.54) is 10.8 Å². The lowest BCUT2D eigenvalue weighted by atomic mass is 10.0. The average molecular weight is 457 g/mol. The van der Waals surface area contributed by atoms with Crippen LogP contribution in [0, 0.1) is 13.8 Å². The minimum Gasteiger partial charge on any atom is -0.309 e. The van der Waals surface area contributed by atoms with Crippen molar-refractivity contribution >= 4 is 60.0 Å². The van der Waals surface area contributed by atoms with E-state index >= 15 is 0 Å². The first-order valence-corrected chi connectivity index (χ1v) is 9.54. The highest BCUT2D eigenvalue weighted by atomic mass is 79.9. The van der Waals surface area contributed by atoms with Gasteiger partial charge in [-0.25, -0.2) is 0 Å². The summed E-state index contributed by atoms with van der Waals surface area (Å²) in [5.74, 6) is 0. The number of hydrogen-bond acceptors (Lipinski definition) is 1. The molecule has 4 rings (SSSR count). The quantitative estimate of drug-likeness (QED) is 0.306. The molecule has 0 aliphatic rings. The lowest BCUT2D eigenvalue weighted by Gasteiger charge is -2.15. The summed E-state index contributed by atoms with van der Waals surface area (Å²) in [6.07, 6.45) is 0.907. The zero-order valence-corrected chi connectivity index (χ0v) is 17.0. The summed E-state index contributed by atoms with van der Waals surface area (Å²) >= 11 is 7.18. The molecule has 4 heteroatoms. The van der Waals surface area contributed by atoms with Crippen LogP contribution in [0.25, 0.3) is 27.5 Å². The molecule has 0 unspecified atom stereocenters. The molecule has 0 fully saturated rings. The summed E-state index contributed by atoms with van der Waals surface area (Å²) < 4.78 is 4.41. The monoisotopic (exact) mass is 455 g/mol. The van der Waals surface area contributed by atoms with E-state index in [2.05, 4.69) is 86.7 Å². The number of hydrogen-bond donors (Lipinski definition) is 0. The summed E-state index contributed by atoms with van der Waals surface area (Å²) in [6.45, 7) is 4.12. The molecular formula is C21H15Br2NO. The summed E-state index contributed by atoms with van der Waals surface area (Å²) in [5, 5.41) is 2.40. The standard InChI is InChI=1S/C21H15Br2NO/c1-12-7-14(11-25)8-13(2)21(12)24-19-5-3-15(22)9-17(19)18-10-16(23)4-6-20(18)24/h3-11H,1-2H3. The molecule has 0 spiro atoms. The second-order valence-corrected chi connectivity index (χ2v) is 8.11. The molecule has 25 heavy (non-hydrogen) atoms. The molecule has 124 valence electrons. The average Bonchev–Trinajstić information content (AvgIpc) is 2.87. The topological polar surface area (TPSA) is 22.0 Å². The SMILES string of the molecule is Cc1cc(C=O)cc(C)c1-n1c2ccc(Br)cc2c2cc(Br)ccc21. The van der Waals surface area contributed by atoms with E-state index in [1.54, 1.807) is 0 Å². The van der Waals surface area contributed by atoms with Crippen LogP contribution in [-0.2, 0) is 0 Å². The summed E-state index contributed by atoms with van der Waals surface area (Å²) in [4.78, 5) is 11.2. The first kappa shape index (κ1) is 16.6. The van der Waals surface area contributed by atoms with Gasteiger partial charge in [0, 0.05) is 25.3 Å². The Bertz CT molecular complexity index is 1080. The Morgan fingerprint density at radius 2 is 1.28 bits per heavy atom. The van der Waals surface area contributed by atoms with Gasteiger partial charge in [-0.15, -0.1) is 0 Å². The van der Waals surface area contributed by atoms with Crippen molar-refractivity contribution in [2.24, 2.45) is 0 Å². The second-order valence-electron chi connectivity index (χ2n) is 6.28. The first-order valence-electron chi connectivity index (χ1n) is 7.95. The number of aryl methyl sites for hydroxylation is 2. The molecule has 0 bridgehead atoms. The van der Waals surface area contributed by atoms with Crippen LogP contribution in [0.5, 0.6) is 0 Å². The van der Waals surface area contributed by atoms with Gasteiger partial charge in [0.25, 0.3) is 0 Å². The number of carbonyl (C=O) groups is 1. The minimum atomic E-state index is 0.713. The Balaban J connectivity index is 2.20. The van der Waals surface area contributed by atoms with Crippen molar-refractivity contribution in [1.29, 1.82) is 0 Å². The summed E-state index contributed by atoms with van der Waals surface area (Å²) in [5.41, 5.74) is 6.33. The lowest BCUT2D eigenvalue weighted by Crippen LogP contribution is -2.01. The molecule has 2 nitrogen and oxygen atoms in total. The van der Waals surface area contributed by atoms with E-state index in [9.17, 15) is 4.79 Å². The molecule has 0 amide bonds. The number of carbonyl (C=O) groups excluding carboxylic acids is 1. The minimum absolute atomic E-state index is 0.713. The highest BCUT2D eigenvalue weighted by Gasteiger charge is 2.16. The molecule has 1 aromatic heterocycles. The van der Waals surface area contributed by atoms with Gasteiger partial charge < -0.3 is 4.57 Å². The van der Waals surface area contributed by atoms with E-state index < -0.39 is 0 Å². The van der Waals surface area contributed by atoms with Crippen molar-refractivity contribution in [3.63, 3.8) is 0 Å². The van der Waals surface area contributed by atoms with E-state index in [4.69, 9.17) is 0 Å². The smallest absolute Gasteiger partial charge is 0.150 e. The van der Waals surface area contributed by atoms with Crippen LogP contribution in [0.4, 0.5) is 0 Å². The van der Waals surface area contributed by atoms with Crippen LogP contribution in [0.15, 0.2) is 57.5 Å². The Morgan fingerprint density at radius 3 is 1.72 bits per heavy atom. The number of halogens is 2. The van der Waals surface area contributed by atoms with E-state index in [-0.39, 0.29) is 0 Å². The number of aromatic nitrogens is 1. The van der Waals surface area contributed by atoms with Crippen molar-refractivity contribution in [3.8, 4) is 5.69 Å². The van der Waals surface area contributed by atoms with Gasteiger partial charge in [0.05, 0.1) is 16.7 Å². The maximum Gasteiger partial charge on any atom is 0.150 e. The fourth-order valence-electron chi connectivity index (χ4n) is 3.62. The Hall–Kier alpha value is -1.91. The Labute approximate surface area is 162 Å². The van der Waals surface area contributed by atoms with Crippen LogP contribution < -0.4 is 0 Å². The zero-order valence-electron chi connectivity index (χ0n) is 13.8.